The number of hydrogen-bond acceptors (Lipinski definition) is 5. The lowest BCUT2D eigenvalue weighted by Gasteiger charge is -2.30. The first-order valence-corrected chi connectivity index (χ1v) is 9.04. The van der Waals surface area contributed by atoms with Crippen LogP contribution in [0.15, 0.2) is 28.7 Å². The Morgan fingerprint density at radius 3 is 2.04 bits per heavy atom. The minimum atomic E-state index is -0.949. The normalized spacial score (nSPS) is 12.9. The first-order chi connectivity index (χ1) is 11.8. The van der Waals surface area contributed by atoms with Crippen LogP contribution in [0, 0.1) is 5.41 Å². The van der Waals surface area contributed by atoms with E-state index < -0.39 is 35.7 Å². The van der Waals surface area contributed by atoms with Gasteiger partial charge in [-0.05, 0) is 38.3 Å². The number of benzene rings is 1. The number of nitrogens with one attached hydrogen (secondary N) is 1. The molecule has 0 saturated carbocycles. The van der Waals surface area contributed by atoms with Crippen molar-refractivity contribution in [2.24, 2.45) is 5.41 Å². The van der Waals surface area contributed by atoms with Gasteiger partial charge in [0, 0.05) is 10.0 Å². The molecular weight excluding hydrogens is 402 g/mol. The quantitative estimate of drug-likeness (QED) is 0.564. The molecule has 0 aliphatic heterocycles. The van der Waals surface area contributed by atoms with Crippen molar-refractivity contribution in [3.8, 4) is 0 Å². The molecule has 0 spiro atoms. The Labute approximate surface area is 162 Å². The molecule has 1 rings (SSSR count). The van der Waals surface area contributed by atoms with Crippen molar-refractivity contribution in [1.29, 1.82) is 0 Å². The molecule has 0 fully saturated rings. The van der Waals surface area contributed by atoms with Crippen LogP contribution in [-0.2, 0) is 14.3 Å². The summed E-state index contributed by atoms with van der Waals surface area (Å²) in [7, 11) is 0. The van der Waals surface area contributed by atoms with Crippen molar-refractivity contribution < 1.29 is 23.9 Å². The summed E-state index contributed by atoms with van der Waals surface area (Å²) in [6.07, 6.45) is -0.714. The van der Waals surface area contributed by atoms with Gasteiger partial charge in [-0.3, -0.25) is 4.79 Å². The highest BCUT2D eigenvalue weighted by molar-refractivity contribution is 9.10. The van der Waals surface area contributed by atoms with E-state index >= 15 is 0 Å². The van der Waals surface area contributed by atoms with Gasteiger partial charge in [0.15, 0.2) is 12.4 Å². The maximum absolute atomic E-state index is 12.4. The molecule has 26 heavy (non-hydrogen) atoms. The second kappa shape index (κ2) is 8.66. The van der Waals surface area contributed by atoms with Crippen molar-refractivity contribution in [2.45, 2.75) is 53.2 Å². The highest BCUT2D eigenvalue weighted by atomic mass is 79.9. The molecule has 0 radical (unpaired) electrons. The van der Waals surface area contributed by atoms with Gasteiger partial charge in [-0.2, -0.15) is 0 Å². The van der Waals surface area contributed by atoms with Crippen molar-refractivity contribution in [2.75, 3.05) is 6.61 Å². The molecule has 0 heterocycles. The third-order valence-electron chi connectivity index (χ3n) is 3.27. The highest BCUT2D eigenvalue weighted by Crippen LogP contribution is 2.21. The van der Waals surface area contributed by atoms with Crippen LogP contribution >= 0.6 is 15.9 Å². The van der Waals surface area contributed by atoms with Crippen molar-refractivity contribution >= 4 is 33.8 Å². The van der Waals surface area contributed by atoms with Gasteiger partial charge in [0.2, 0.25) is 0 Å². The van der Waals surface area contributed by atoms with E-state index in [2.05, 4.69) is 21.2 Å². The van der Waals surface area contributed by atoms with Crippen LogP contribution in [0.4, 0.5) is 4.79 Å². The van der Waals surface area contributed by atoms with Gasteiger partial charge in [-0.25, -0.2) is 9.59 Å². The summed E-state index contributed by atoms with van der Waals surface area (Å²) in [5, 5.41) is 2.53. The van der Waals surface area contributed by atoms with Crippen LogP contribution in [0.3, 0.4) is 0 Å². The van der Waals surface area contributed by atoms with Crippen molar-refractivity contribution in [3.05, 3.63) is 34.3 Å². The smallest absolute Gasteiger partial charge is 0.408 e. The number of rotatable bonds is 5. The van der Waals surface area contributed by atoms with Gasteiger partial charge < -0.3 is 14.8 Å². The molecule has 6 nitrogen and oxygen atoms in total. The lowest BCUT2D eigenvalue weighted by Crippen LogP contribution is -2.51. The highest BCUT2D eigenvalue weighted by Gasteiger charge is 2.35. The van der Waals surface area contributed by atoms with Crippen LogP contribution in [0.1, 0.15) is 51.9 Å². The summed E-state index contributed by atoms with van der Waals surface area (Å²) < 4.78 is 11.2. The second-order valence-corrected chi connectivity index (χ2v) is 8.90. The molecular formula is C19H26BrNO5. The lowest BCUT2D eigenvalue weighted by molar-refractivity contribution is -0.147. The zero-order valence-corrected chi connectivity index (χ0v) is 17.6. The molecule has 7 heteroatoms. The summed E-state index contributed by atoms with van der Waals surface area (Å²) in [6.45, 7) is 10.1. The van der Waals surface area contributed by atoms with E-state index in [0.717, 1.165) is 4.47 Å². The number of halogens is 1. The summed E-state index contributed by atoms with van der Waals surface area (Å²) in [6, 6.07) is 5.80. The Morgan fingerprint density at radius 2 is 1.58 bits per heavy atom. The third-order valence-corrected chi connectivity index (χ3v) is 3.80. The number of alkyl carbamates (subject to hydrolysis) is 1. The fraction of sp³-hybridized carbons (Fsp3) is 0.526. The van der Waals surface area contributed by atoms with Gasteiger partial charge in [-0.15, -0.1) is 0 Å². The predicted octanol–water partition coefficient (Wildman–Crippen LogP) is 4.11. The van der Waals surface area contributed by atoms with E-state index in [-0.39, 0.29) is 5.78 Å². The Kier molecular flexibility index (Phi) is 7.38. The Hall–Kier alpha value is -1.89. The van der Waals surface area contributed by atoms with Crippen molar-refractivity contribution in [3.63, 3.8) is 0 Å². The lowest BCUT2D eigenvalue weighted by atomic mass is 9.87. The topological polar surface area (TPSA) is 81.7 Å². The van der Waals surface area contributed by atoms with Gasteiger partial charge in [0.25, 0.3) is 0 Å². The molecule has 1 atom stereocenters. The Balaban J connectivity index is 2.73. The maximum atomic E-state index is 12.4. The first-order valence-electron chi connectivity index (χ1n) is 8.24. The zero-order valence-electron chi connectivity index (χ0n) is 16.0. The summed E-state index contributed by atoms with van der Waals surface area (Å²) >= 11 is 3.29. The number of ketones is 1. The monoisotopic (exact) mass is 427 g/mol. The summed E-state index contributed by atoms with van der Waals surface area (Å²) in [4.78, 5) is 36.6. The van der Waals surface area contributed by atoms with Crippen LogP contribution in [0.5, 0.6) is 0 Å². The number of Topliss-reactive ketones (excluding diaryl/α,β-unsaturated/α-hetero) is 1. The van der Waals surface area contributed by atoms with Crippen LogP contribution in [-0.4, -0.2) is 36.1 Å². The third kappa shape index (κ3) is 7.56. The molecule has 0 aliphatic carbocycles. The molecule has 0 bridgehead atoms. The SMILES string of the molecule is CC(C)(C)OC(=O)N[C@H](C(=O)OCC(=O)c1ccc(Br)cc1)C(C)(C)C. The van der Waals surface area contributed by atoms with E-state index in [1.54, 1.807) is 65.8 Å². The molecule has 1 N–H and O–H groups in total. The van der Waals surface area contributed by atoms with E-state index in [0.29, 0.717) is 5.56 Å². The molecule has 1 aromatic carbocycles. The molecule has 0 aliphatic rings. The summed E-state index contributed by atoms with van der Waals surface area (Å²) in [5.41, 5.74) is -0.865. The average molecular weight is 428 g/mol. The summed E-state index contributed by atoms with van der Waals surface area (Å²) in [5.74, 6) is -1.01. The number of hydrogen-bond donors (Lipinski definition) is 1. The van der Waals surface area contributed by atoms with Gasteiger partial charge in [0.1, 0.15) is 11.6 Å². The second-order valence-electron chi connectivity index (χ2n) is 7.98. The van der Waals surface area contributed by atoms with E-state index in [1.165, 1.54) is 0 Å². The average Bonchev–Trinajstić information content (AvgIpc) is 2.48. The molecule has 1 amide bonds. The van der Waals surface area contributed by atoms with Crippen LogP contribution < -0.4 is 5.32 Å². The fourth-order valence-electron chi connectivity index (χ4n) is 1.99. The van der Waals surface area contributed by atoms with Gasteiger partial charge in [0.05, 0.1) is 0 Å². The number of ether oxygens (including phenoxy) is 2. The first kappa shape index (κ1) is 22.2. The fourth-order valence-corrected chi connectivity index (χ4v) is 2.26. The van der Waals surface area contributed by atoms with E-state index in [9.17, 15) is 14.4 Å². The zero-order chi connectivity index (χ0) is 20.1. The molecule has 1 aromatic rings. The van der Waals surface area contributed by atoms with Gasteiger partial charge >= 0.3 is 12.1 Å². The predicted molar refractivity (Wildman–Crippen MR) is 102 cm³/mol. The van der Waals surface area contributed by atoms with Crippen LogP contribution in [0.25, 0.3) is 0 Å². The molecule has 0 saturated heterocycles. The Bertz CT molecular complexity index is 656. The maximum Gasteiger partial charge on any atom is 0.408 e. The largest absolute Gasteiger partial charge is 0.456 e. The van der Waals surface area contributed by atoms with E-state index in [4.69, 9.17) is 9.47 Å². The minimum absolute atomic E-state index is 0.323. The van der Waals surface area contributed by atoms with Gasteiger partial charge in [-0.1, -0.05) is 48.8 Å². The minimum Gasteiger partial charge on any atom is -0.456 e. The standard InChI is InChI=1S/C19H26BrNO5/c1-18(2,3)15(21-17(24)26-19(4,5)6)16(23)25-11-14(22)12-7-9-13(20)10-8-12/h7-10,15H,11H2,1-6H3,(H,21,24)/t15-/m1/s1. The number of esters is 1. The molecule has 0 aromatic heterocycles. The number of carbonyl (C=O) groups excluding carboxylic acids is 3. The van der Waals surface area contributed by atoms with E-state index in [1.807, 2.05) is 0 Å². The molecule has 0 unspecified atom stereocenters. The number of carbonyl (C=O) groups is 3. The van der Waals surface area contributed by atoms with Crippen LogP contribution in [0.2, 0.25) is 0 Å². The Morgan fingerprint density at radius 1 is 1.04 bits per heavy atom. The molecule has 144 valence electrons. The number of amides is 1. The van der Waals surface area contributed by atoms with Crippen molar-refractivity contribution in [1.82, 2.24) is 5.32 Å².